The molecule has 1 saturated heterocycles. The minimum Gasteiger partial charge on any atom is -0.478 e. The lowest BCUT2D eigenvalue weighted by Crippen LogP contribution is -2.57. The van der Waals surface area contributed by atoms with Gasteiger partial charge in [0.15, 0.2) is 0 Å². The van der Waals surface area contributed by atoms with E-state index in [9.17, 15) is 37.9 Å². The Labute approximate surface area is 333 Å². The first-order chi connectivity index (χ1) is 26.6. The Morgan fingerprint density at radius 3 is 2.25 bits per heavy atom. The van der Waals surface area contributed by atoms with Crippen molar-refractivity contribution >= 4 is 45.7 Å². The van der Waals surface area contributed by atoms with Gasteiger partial charge >= 0.3 is 12.1 Å². The number of ether oxygens (including phenoxy) is 2. The number of carboxylic acids is 1. The molecular formula is C41H49BrF2N4O8. The molecule has 15 heteroatoms. The largest absolute Gasteiger partial charge is 0.478 e. The molecule has 5 atom stereocenters. The third kappa shape index (κ3) is 12.8. The molecule has 4 amide bonds. The number of nitrogens with one attached hydrogen (secondary N) is 3. The number of halogens is 3. The first-order valence-corrected chi connectivity index (χ1v) is 19.3. The molecule has 1 fully saturated rings. The number of alkyl carbamates (subject to hydrolysis) is 1. The standard InChI is InChI=1S/C41H49BrF2N4O8/c1-24(2)23-55-41(54)47-35(25(3)4)39(51)48-22-29(27-10-6-5-7-11-27)20-33(48)38(50)46-32(21-34(43)44)37(49)45-18-17-26-9-8-12-31(19-26)56-36(40(52)53)28-13-15-30(42)16-14-28/h5-16,19,24-25,29,32-36H,17-18,20-23H2,1-4H3,(H,45,49)(H,46,50)(H,47,54)(H,52,53)/t29-,32+,33+,35+,36?/m1/s1. The van der Waals surface area contributed by atoms with Crippen LogP contribution in [-0.4, -0.2) is 84.0 Å². The highest BCUT2D eigenvalue weighted by Crippen LogP contribution is 2.33. The monoisotopic (exact) mass is 842 g/mol. The van der Waals surface area contributed by atoms with E-state index in [1.54, 1.807) is 62.4 Å². The summed E-state index contributed by atoms with van der Waals surface area (Å²) >= 11 is 3.32. The highest BCUT2D eigenvalue weighted by atomic mass is 79.9. The van der Waals surface area contributed by atoms with Gasteiger partial charge in [0.05, 0.1) is 6.61 Å². The normalized spacial score (nSPS) is 16.9. The minimum absolute atomic E-state index is 0.00569. The Balaban J connectivity index is 1.45. The number of aliphatic carboxylic acids is 1. The van der Waals surface area contributed by atoms with Gasteiger partial charge in [0.25, 0.3) is 0 Å². The van der Waals surface area contributed by atoms with E-state index in [4.69, 9.17) is 9.47 Å². The molecule has 0 bridgehead atoms. The van der Waals surface area contributed by atoms with Gasteiger partial charge in [-0.3, -0.25) is 14.4 Å². The summed E-state index contributed by atoms with van der Waals surface area (Å²) < 4.78 is 39.4. The third-order valence-electron chi connectivity index (χ3n) is 9.22. The van der Waals surface area contributed by atoms with E-state index in [0.717, 1.165) is 10.0 Å². The molecule has 1 aliphatic heterocycles. The lowest BCUT2D eigenvalue weighted by Gasteiger charge is -2.31. The van der Waals surface area contributed by atoms with E-state index in [1.807, 2.05) is 44.2 Å². The number of amides is 4. The van der Waals surface area contributed by atoms with Crippen LogP contribution < -0.4 is 20.7 Å². The second-order valence-corrected chi connectivity index (χ2v) is 15.4. The summed E-state index contributed by atoms with van der Waals surface area (Å²) in [7, 11) is 0. The summed E-state index contributed by atoms with van der Waals surface area (Å²) in [4.78, 5) is 67.2. The summed E-state index contributed by atoms with van der Waals surface area (Å²) in [6.07, 6.45) is -5.54. The first-order valence-electron chi connectivity index (χ1n) is 18.5. The van der Waals surface area contributed by atoms with E-state index in [2.05, 4.69) is 31.9 Å². The van der Waals surface area contributed by atoms with Crippen LogP contribution in [0.25, 0.3) is 0 Å². The zero-order valence-electron chi connectivity index (χ0n) is 31.8. The van der Waals surface area contributed by atoms with Gasteiger partial charge in [-0.15, -0.1) is 0 Å². The molecule has 12 nitrogen and oxygen atoms in total. The Bertz CT molecular complexity index is 1800. The van der Waals surface area contributed by atoms with Crippen molar-refractivity contribution in [2.75, 3.05) is 19.7 Å². The number of benzene rings is 3. The lowest BCUT2D eigenvalue weighted by atomic mass is 9.96. The maximum atomic E-state index is 14.1. The van der Waals surface area contributed by atoms with Crippen molar-refractivity contribution in [3.63, 3.8) is 0 Å². The SMILES string of the molecule is CC(C)COC(=O)N[C@H](C(=O)N1C[C@H](c2ccccc2)C[C@H]1C(=O)N[C@@H](CC(F)F)C(=O)NCCc1cccc(OC(C(=O)O)c2ccc(Br)cc2)c1)C(C)C. The molecule has 0 saturated carbocycles. The quantitative estimate of drug-likeness (QED) is 0.117. The molecule has 1 heterocycles. The predicted octanol–water partition coefficient (Wildman–Crippen LogP) is 6.24. The first kappa shape index (κ1) is 43.7. The van der Waals surface area contributed by atoms with Crippen LogP contribution in [0.3, 0.4) is 0 Å². The van der Waals surface area contributed by atoms with Crippen molar-refractivity contribution in [3.05, 3.63) is 100 Å². The summed E-state index contributed by atoms with van der Waals surface area (Å²) in [5, 5.41) is 17.5. The van der Waals surface area contributed by atoms with Gasteiger partial charge in [0.1, 0.15) is 23.9 Å². The van der Waals surface area contributed by atoms with Gasteiger partial charge in [-0.05, 0) is 60.1 Å². The molecule has 4 N–H and O–H groups in total. The number of rotatable bonds is 18. The maximum Gasteiger partial charge on any atom is 0.407 e. The average molecular weight is 844 g/mol. The lowest BCUT2D eigenvalue weighted by molar-refractivity contribution is -0.145. The highest BCUT2D eigenvalue weighted by Gasteiger charge is 2.44. The molecule has 302 valence electrons. The maximum absolute atomic E-state index is 14.1. The predicted molar refractivity (Wildman–Crippen MR) is 208 cm³/mol. The van der Waals surface area contributed by atoms with Gasteiger partial charge in [-0.25, -0.2) is 18.4 Å². The van der Waals surface area contributed by atoms with E-state index in [0.29, 0.717) is 11.1 Å². The zero-order chi connectivity index (χ0) is 40.9. The Kier molecular flexibility index (Phi) is 16.2. The molecular weight excluding hydrogens is 794 g/mol. The molecule has 4 rings (SSSR count). The number of carbonyl (C=O) groups is 5. The second kappa shape index (κ2) is 20.7. The second-order valence-electron chi connectivity index (χ2n) is 14.5. The van der Waals surface area contributed by atoms with Crippen molar-refractivity contribution in [2.45, 2.75) is 83.5 Å². The fraction of sp³-hybridized carbons (Fsp3) is 0.439. The van der Waals surface area contributed by atoms with Crippen molar-refractivity contribution in [3.8, 4) is 5.75 Å². The number of likely N-dealkylation sites (tertiary alicyclic amines) is 1. The molecule has 0 spiro atoms. The summed E-state index contributed by atoms with van der Waals surface area (Å²) in [6.45, 7) is 7.51. The van der Waals surface area contributed by atoms with Crippen LogP contribution in [0.2, 0.25) is 0 Å². The van der Waals surface area contributed by atoms with Crippen LogP contribution in [-0.2, 0) is 30.3 Å². The molecule has 0 aromatic heterocycles. The average Bonchev–Trinajstić information content (AvgIpc) is 3.61. The van der Waals surface area contributed by atoms with Crippen molar-refractivity contribution in [1.29, 1.82) is 0 Å². The van der Waals surface area contributed by atoms with E-state index < -0.39 is 66.9 Å². The highest BCUT2D eigenvalue weighted by molar-refractivity contribution is 9.10. The Morgan fingerprint density at radius 1 is 0.929 bits per heavy atom. The summed E-state index contributed by atoms with van der Waals surface area (Å²) in [5.74, 6) is -3.65. The zero-order valence-corrected chi connectivity index (χ0v) is 33.3. The minimum atomic E-state index is -2.93. The summed E-state index contributed by atoms with van der Waals surface area (Å²) in [6, 6.07) is 18.8. The van der Waals surface area contributed by atoms with Gasteiger partial charge in [-0.2, -0.15) is 0 Å². The van der Waals surface area contributed by atoms with Crippen molar-refractivity contribution in [1.82, 2.24) is 20.9 Å². The van der Waals surface area contributed by atoms with Gasteiger partial charge < -0.3 is 35.4 Å². The van der Waals surface area contributed by atoms with Crippen LogP contribution in [0, 0.1) is 11.8 Å². The van der Waals surface area contributed by atoms with Crippen molar-refractivity contribution < 1.29 is 47.3 Å². The van der Waals surface area contributed by atoms with E-state index in [-0.39, 0.29) is 56.0 Å². The molecule has 1 unspecified atom stereocenters. The molecule has 3 aromatic carbocycles. The fourth-order valence-electron chi connectivity index (χ4n) is 6.34. The van der Waals surface area contributed by atoms with Crippen LogP contribution in [0.1, 0.15) is 69.2 Å². The number of alkyl halides is 2. The van der Waals surface area contributed by atoms with Gasteiger partial charge in [-0.1, -0.05) is 98.2 Å². The number of carbonyl (C=O) groups excluding carboxylic acids is 4. The van der Waals surface area contributed by atoms with Crippen LogP contribution in [0.15, 0.2) is 83.3 Å². The molecule has 0 aliphatic carbocycles. The molecule has 56 heavy (non-hydrogen) atoms. The number of carboxylic acid groups (broad SMARTS) is 1. The Hall–Kier alpha value is -5.05. The fourth-order valence-corrected chi connectivity index (χ4v) is 6.60. The van der Waals surface area contributed by atoms with Gasteiger partial charge in [0, 0.05) is 35.5 Å². The van der Waals surface area contributed by atoms with Gasteiger partial charge in [0.2, 0.25) is 30.3 Å². The Morgan fingerprint density at radius 2 is 1.62 bits per heavy atom. The summed E-state index contributed by atoms with van der Waals surface area (Å²) in [5.41, 5.74) is 1.98. The third-order valence-corrected chi connectivity index (χ3v) is 9.75. The molecule has 0 radical (unpaired) electrons. The van der Waals surface area contributed by atoms with E-state index in [1.165, 1.54) is 4.90 Å². The smallest absolute Gasteiger partial charge is 0.407 e. The van der Waals surface area contributed by atoms with Crippen LogP contribution in [0.4, 0.5) is 13.6 Å². The van der Waals surface area contributed by atoms with Crippen LogP contribution >= 0.6 is 15.9 Å². The molecule has 3 aromatic rings. The van der Waals surface area contributed by atoms with Crippen LogP contribution in [0.5, 0.6) is 5.75 Å². The topological polar surface area (TPSA) is 163 Å². The number of hydrogen-bond acceptors (Lipinski definition) is 7. The number of hydrogen-bond donors (Lipinski definition) is 4. The molecule has 1 aliphatic rings. The number of nitrogens with zero attached hydrogens (tertiary/aromatic N) is 1. The van der Waals surface area contributed by atoms with E-state index >= 15 is 0 Å². The van der Waals surface area contributed by atoms with Crippen molar-refractivity contribution in [2.24, 2.45) is 11.8 Å².